The lowest BCUT2D eigenvalue weighted by molar-refractivity contribution is 0.234. The maximum absolute atomic E-state index is 8.97. The smallest absolute Gasteiger partial charge is 0.0582 e. The normalized spacial score (nSPS) is 23.6. The molecular weight excluding hydrogens is 186 g/mol. The van der Waals surface area contributed by atoms with Crippen LogP contribution in [-0.4, -0.2) is 17.8 Å². The number of hydrogen-bond donors (Lipinski definition) is 2. The summed E-state index contributed by atoms with van der Waals surface area (Å²) >= 11 is 0. The topological polar surface area (TPSA) is 46.2 Å². The van der Waals surface area contributed by atoms with Gasteiger partial charge in [-0.15, -0.1) is 0 Å². The Balaban J connectivity index is 2.25. The fourth-order valence-electron chi connectivity index (χ4n) is 2.63. The molecule has 1 unspecified atom stereocenters. The van der Waals surface area contributed by atoms with E-state index in [9.17, 15) is 0 Å². The number of rotatable bonds is 3. The van der Waals surface area contributed by atoms with Crippen LogP contribution in [0.3, 0.4) is 0 Å². The summed E-state index contributed by atoms with van der Waals surface area (Å²) in [5.41, 5.74) is 5.81. The van der Waals surface area contributed by atoms with Crippen molar-refractivity contribution in [3.8, 4) is 0 Å². The first-order chi connectivity index (χ1) is 7.33. The van der Waals surface area contributed by atoms with Gasteiger partial charge in [0.15, 0.2) is 0 Å². The SMILES string of the molecule is NC(CO)CC1CCCCCCCCC1. The fourth-order valence-corrected chi connectivity index (χ4v) is 2.63. The molecule has 0 radical (unpaired) electrons. The van der Waals surface area contributed by atoms with Gasteiger partial charge in [-0.05, 0) is 12.3 Å². The molecule has 0 aromatic heterocycles. The van der Waals surface area contributed by atoms with Crippen LogP contribution in [0, 0.1) is 5.92 Å². The summed E-state index contributed by atoms with van der Waals surface area (Å²) in [6, 6.07) is 0.0120. The molecule has 2 heteroatoms. The predicted molar refractivity (Wildman–Crippen MR) is 64.7 cm³/mol. The number of aliphatic hydroxyl groups excluding tert-OH is 1. The number of hydrogen-bond acceptors (Lipinski definition) is 2. The van der Waals surface area contributed by atoms with Gasteiger partial charge in [0.05, 0.1) is 6.61 Å². The molecule has 0 heterocycles. The average Bonchev–Trinajstić information content (AvgIpc) is 2.27. The van der Waals surface area contributed by atoms with Gasteiger partial charge in [-0.2, -0.15) is 0 Å². The van der Waals surface area contributed by atoms with Crippen LogP contribution in [0.15, 0.2) is 0 Å². The summed E-state index contributed by atoms with van der Waals surface area (Å²) in [5.74, 6) is 0.769. The molecule has 1 fully saturated rings. The standard InChI is InChI=1S/C13H27NO/c14-13(11-15)10-12-8-6-4-2-1-3-5-7-9-12/h12-13,15H,1-11,14H2. The Kier molecular flexibility index (Phi) is 7.03. The second kappa shape index (κ2) is 8.12. The zero-order valence-corrected chi connectivity index (χ0v) is 9.96. The molecule has 3 N–H and O–H groups in total. The molecule has 0 aliphatic heterocycles. The van der Waals surface area contributed by atoms with Crippen LogP contribution < -0.4 is 5.73 Å². The first kappa shape index (κ1) is 13.0. The molecule has 0 aromatic rings. The second-order valence-corrected chi connectivity index (χ2v) is 5.10. The van der Waals surface area contributed by atoms with Crippen LogP contribution in [0.5, 0.6) is 0 Å². The van der Waals surface area contributed by atoms with Crippen molar-refractivity contribution in [3.63, 3.8) is 0 Å². The van der Waals surface area contributed by atoms with Gasteiger partial charge in [0, 0.05) is 6.04 Å². The van der Waals surface area contributed by atoms with Crippen molar-refractivity contribution in [3.05, 3.63) is 0 Å². The molecule has 0 aromatic carbocycles. The Morgan fingerprint density at radius 1 is 0.933 bits per heavy atom. The van der Waals surface area contributed by atoms with E-state index in [4.69, 9.17) is 10.8 Å². The highest BCUT2D eigenvalue weighted by Gasteiger charge is 2.13. The third kappa shape index (κ3) is 6.16. The van der Waals surface area contributed by atoms with Crippen LogP contribution >= 0.6 is 0 Å². The minimum atomic E-state index is 0.0120. The van der Waals surface area contributed by atoms with Crippen molar-refractivity contribution in [2.24, 2.45) is 11.7 Å². The summed E-state index contributed by atoms with van der Waals surface area (Å²) in [5, 5.41) is 8.97. The fraction of sp³-hybridized carbons (Fsp3) is 1.00. The molecule has 1 saturated carbocycles. The molecule has 1 aliphatic rings. The highest BCUT2D eigenvalue weighted by molar-refractivity contribution is 4.69. The van der Waals surface area contributed by atoms with E-state index in [0.29, 0.717) is 0 Å². The Bertz CT molecular complexity index is 139. The largest absolute Gasteiger partial charge is 0.395 e. The predicted octanol–water partition coefficient (Wildman–Crippen LogP) is 2.84. The van der Waals surface area contributed by atoms with Gasteiger partial charge in [0.25, 0.3) is 0 Å². The number of nitrogens with two attached hydrogens (primary N) is 1. The minimum Gasteiger partial charge on any atom is -0.395 e. The average molecular weight is 213 g/mol. The Labute approximate surface area is 94.2 Å². The maximum atomic E-state index is 8.97. The van der Waals surface area contributed by atoms with Crippen molar-refractivity contribution in [1.29, 1.82) is 0 Å². The zero-order valence-electron chi connectivity index (χ0n) is 9.96. The summed E-state index contributed by atoms with van der Waals surface area (Å²) in [6.07, 6.45) is 13.5. The lowest BCUT2D eigenvalue weighted by Gasteiger charge is -2.21. The van der Waals surface area contributed by atoms with E-state index in [0.717, 1.165) is 12.3 Å². The molecule has 2 nitrogen and oxygen atoms in total. The molecule has 90 valence electrons. The third-order valence-corrected chi connectivity index (χ3v) is 3.60. The van der Waals surface area contributed by atoms with Gasteiger partial charge in [-0.25, -0.2) is 0 Å². The van der Waals surface area contributed by atoms with Gasteiger partial charge in [0.1, 0.15) is 0 Å². The van der Waals surface area contributed by atoms with E-state index in [1.54, 1.807) is 0 Å². The lowest BCUT2D eigenvalue weighted by atomic mass is 9.88. The monoisotopic (exact) mass is 213 g/mol. The van der Waals surface area contributed by atoms with Crippen molar-refractivity contribution in [2.75, 3.05) is 6.61 Å². The summed E-state index contributed by atoms with van der Waals surface area (Å²) in [6.45, 7) is 0.149. The molecular formula is C13H27NO. The minimum absolute atomic E-state index is 0.0120. The third-order valence-electron chi connectivity index (χ3n) is 3.60. The molecule has 15 heavy (non-hydrogen) atoms. The van der Waals surface area contributed by atoms with Crippen molar-refractivity contribution in [2.45, 2.75) is 70.3 Å². The molecule has 0 bridgehead atoms. The van der Waals surface area contributed by atoms with E-state index < -0.39 is 0 Å². The first-order valence-corrected chi connectivity index (χ1v) is 6.69. The molecule has 0 amide bonds. The maximum Gasteiger partial charge on any atom is 0.0582 e. The number of aliphatic hydroxyl groups is 1. The van der Waals surface area contributed by atoms with Crippen LogP contribution in [0.4, 0.5) is 0 Å². The summed E-state index contributed by atoms with van der Waals surface area (Å²) in [7, 11) is 0. The lowest BCUT2D eigenvalue weighted by Crippen LogP contribution is -2.27. The van der Waals surface area contributed by atoms with Gasteiger partial charge < -0.3 is 10.8 Å². The van der Waals surface area contributed by atoms with Crippen molar-refractivity contribution in [1.82, 2.24) is 0 Å². The van der Waals surface area contributed by atoms with E-state index in [1.807, 2.05) is 0 Å². The van der Waals surface area contributed by atoms with Crippen molar-refractivity contribution >= 4 is 0 Å². The van der Waals surface area contributed by atoms with Crippen LogP contribution in [0.2, 0.25) is 0 Å². The second-order valence-electron chi connectivity index (χ2n) is 5.10. The highest BCUT2D eigenvalue weighted by Crippen LogP contribution is 2.24. The quantitative estimate of drug-likeness (QED) is 0.757. The zero-order chi connectivity index (χ0) is 10.9. The summed E-state index contributed by atoms with van der Waals surface area (Å²) < 4.78 is 0. The first-order valence-electron chi connectivity index (χ1n) is 6.69. The van der Waals surface area contributed by atoms with Crippen molar-refractivity contribution < 1.29 is 5.11 Å². The van der Waals surface area contributed by atoms with E-state index >= 15 is 0 Å². The molecule has 0 spiro atoms. The Hall–Kier alpha value is -0.0800. The molecule has 1 rings (SSSR count). The van der Waals surface area contributed by atoms with Gasteiger partial charge in [-0.1, -0.05) is 57.8 Å². The van der Waals surface area contributed by atoms with Gasteiger partial charge in [-0.3, -0.25) is 0 Å². The van der Waals surface area contributed by atoms with E-state index in [2.05, 4.69) is 0 Å². The Morgan fingerprint density at radius 2 is 1.40 bits per heavy atom. The van der Waals surface area contributed by atoms with Crippen LogP contribution in [0.25, 0.3) is 0 Å². The van der Waals surface area contributed by atoms with Gasteiger partial charge >= 0.3 is 0 Å². The van der Waals surface area contributed by atoms with E-state index in [1.165, 1.54) is 57.8 Å². The molecule has 1 aliphatic carbocycles. The van der Waals surface area contributed by atoms with E-state index in [-0.39, 0.29) is 12.6 Å². The van der Waals surface area contributed by atoms with Crippen LogP contribution in [-0.2, 0) is 0 Å². The molecule has 1 atom stereocenters. The highest BCUT2D eigenvalue weighted by atomic mass is 16.3. The van der Waals surface area contributed by atoms with Crippen LogP contribution in [0.1, 0.15) is 64.2 Å². The van der Waals surface area contributed by atoms with Gasteiger partial charge in [0.2, 0.25) is 0 Å². The summed E-state index contributed by atoms with van der Waals surface area (Å²) in [4.78, 5) is 0. The molecule has 0 saturated heterocycles. The Morgan fingerprint density at radius 3 is 1.87 bits per heavy atom.